The fourth-order valence-corrected chi connectivity index (χ4v) is 5.78. The Hall–Kier alpha value is -1.92. The molecule has 1 aromatic heterocycles. The van der Waals surface area contributed by atoms with Crippen LogP contribution in [0, 0.1) is 23.2 Å². The van der Waals surface area contributed by atoms with E-state index in [4.69, 9.17) is 14.2 Å². The summed E-state index contributed by atoms with van der Waals surface area (Å²) in [5, 5.41) is 9.30. The van der Waals surface area contributed by atoms with Crippen LogP contribution < -0.4 is 4.74 Å². The van der Waals surface area contributed by atoms with E-state index in [0.717, 1.165) is 38.7 Å². The summed E-state index contributed by atoms with van der Waals surface area (Å²) < 4.78 is 17.3. The van der Waals surface area contributed by atoms with Crippen LogP contribution in [0.3, 0.4) is 0 Å². The second kappa shape index (κ2) is 7.84. The van der Waals surface area contributed by atoms with Crippen molar-refractivity contribution in [2.24, 2.45) is 23.2 Å². The number of ether oxygens (including phenoxy) is 3. The summed E-state index contributed by atoms with van der Waals surface area (Å²) in [4.78, 5) is 15.4. The number of carboxylic acids is 1. The molecule has 3 fully saturated rings. The third kappa shape index (κ3) is 3.44. The first-order chi connectivity index (χ1) is 13.5. The first-order valence-electron chi connectivity index (χ1n) is 10.2. The Morgan fingerprint density at radius 1 is 1.46 bits per heavy atom. The highest BCUT2D eigenvalue weighted by molar-refractivity contribution is 5.90. The number of pyridine rings is 1. The van der Waals surface area contributed by atoms with Gasteiger partial charge in [-0.1, -0.05) is 19.1 Å². The summed E-state index contributed by atoms with van der Waals surface area (Å²) in [7, 11) is 0. The molecule has 1 aromatic rings. The lowest BCUT2D eigenvalue weighted by atomic mass is 9.50. The molecule has 0 spiro atoms. The number of aromatic carboxylic acids is 1. The van der Waals surface area contributed by atoms with Gasteiger partial charge >= 0.3 is 5.97 Å². The number of fused-ring (bicyclic) bond motifs is 3. The zero-order chi connectivity index (χ0) is 19.7. The van der Waals surface area contributed by atoms with E-state index in [1.165, 1.54) is 11.6 Å². The number of carboxylic acid groups (broad SMARTS) is 1. The van der Waals surface area contributed by atoms with Crippen LogP contribution in [0.4, 0.5) is 0 Å². The third-order valence-corrected chi connectivity index (χ3v) is 7.20. The molecular weight excluding hydrogens is 358 g/mol. The number of hydrogen-bond donors (Lipinski definition) is 1. The molecule has 1 aliphatic heterocycles. The largest absolute Gasteiger partial charge is 0.477 e. The lowest BCUT2D eigenvalue weighted by Crippen LogP contribution is -2.54. The molecule has 0 amide bonds. The number of hydrogen-bond acceptors (Lipinski definition) is 5. The Morgan fingerprint density at radius 3 is 3.14 bits per heavy atom. The molecule has 5 unspecified atom stereocenters. The molecule has 1 N–H and O–H groups in total. The second-order valence-electron chi connectivity index (χ2n) is 8.56. The minimum atomic E-state index is -1.02. The minimum Gasteiger partial charge on any atom is -0.477 e. The first kappa shape index (κ1) is 19.4. The molecule has 6 nitrogen and oxygen atoms in total. The smallest absolute Gasteiger partial charge is 0.341 e. The quantitative estimate of drug-likeness (QED) is 0.772. The van der Waals surface area contributed by atoms with Crippen molar-refractivity contribution in [2.75, 3.05) is 20.0 Å². The summed E-state index contributed by atoms with van der Waals surface area (Å²) in [6.07, 6.45) is 7.05. The van der Waals surface area contributed by atoms with Gasteiger partial charge in [0.25, 0.3) is 0 Å². The average molecular weight is 387 g/mol. The van der Waals surface area contributed by atoms with E-state index in [1.54, 1.807) is 12.3 Å². The number of rotatable bonds is 5. The lowest BCUT2D eigenvalue weighted by molar-refractivity contribution is -0.218. The molecule has 2 aliphatic carbocycles. The van der Waals surface area contributed by atoms with Crippen LogP contribution >= 0.6 is 0 Å². The molecule has 2 saturated carbocycles. The molecule has 2 heterocycles. The third-order valence-electron chi connectivity index (χ3n) is 7.20. The van der Waals surface area contributed by atoms with E-state index >= 15 is 0 Å². The molecule has 6 heteroatoms. The van der Waals surface area contributed by atoms with Crippen molar-refractivity contribution in [2.45, 2.75) is 45.1 Å². The van der Waals surface area contributed by atoms with Gasteiger partial charge in [0.15, 0.2) is 0 Å². The van der Waals surface area contributed by atoms with Crippen LogP contribution in [0.2, 0.25) is 0 Å². The molecule has 0 aromatic carbocycles. The molecule has 28 heavy (non-hydrogen) atoms. The Labute approximate surface area is 165 Å². The molecule has 3 aliphatic rings. The normalized spacial score (nSPS) is 35.0. The van der Waals surface area contributed by atoms with Crippen LogP contribution in [0.25, 0.3) is 0 Å². The number of carbonyl (C=O) groups is 1. The van der Waals surface area contributed by atoms with Crippen LogP contribution in [-0.4, -0.2) is 42.2 Å². The monoisotopic (exact) mass is 387 g/mol. The van der Waals surface area contributed by atoms with E-state index in [1.807, 2.05) is 0 Å². The number of nitrogens with zero attached hydrogens (tertiary/aromatic N) is 1. The van der Waals surface area contributed by atoms with Gasteiger partial charge in [0.2, 0.25) is 5.88 Å². The maximum Gasteiger partial charge on any atom is 0.341 e. The highest BCUT2D eigenvalue weighted by Crippen LogP contribution is 2.58. The zero-order valence-electron chi connectivity index (χ0n) is 16.4. The van der Waals surface area contributed by atoms with Crippen LogP contribution in [0.5, 0.6) is 5.88 Å². The van der Waals surface area contributed by atoms with E-state index in [2.05, 4.69) is 18.5 Å². The van der Waals surface area contributed by atoms with Gasteiger partial charge in [0.05, 0.1) is 19.3 Å². The van der Waals surface area contributed by atoms with Crippen molar-refractivity contribution < 1.29 is 24.1 Å². The Kier molecular flexibility index (Phi) is 5.43. The average Bonchev–Trinajstić information content (AvgIpc) is 2.70. The maximum atomic E-state index is 11.4. The standard InChI is InChI=1S/C22H29NO5/c1-14-5-6-18-16-12-26-13-28-19(16)7-9-22(18,2)17(14)8-11-27-20-15(21(24)25)4-3-10-23-20/h3-4,10,16-19H,1,5-9,11-13H2,2H3,(H,24,25). The summed E-state index contributed by atoms with van der Waals surface area (Å²) in [6.45, 7) is 8.41. The van der Waals surface area contributed by atoms with Crippen LogP contribution in [0.15, 0.2) is 30.5 Å². The van der Waals surface area contributed by atoms with E-state index < -0.39 is 5.97 Å². The molecule has 152 valence electrons. The fourth-order valence-electron chi connectivity index (χ4n) is 5.78. The van der Waals surface area contributed by atoms with Crippen molar-refractivity contribution in [1.82, 2.24) is 4.98 Å². The van der Waals surface area contributed by atoms with E-state index in [0.29, 0.717) is 37.3 Å². The highest BCUT2D eigenvalue weighted by Gasteiger charge is 2.53. The van der Waals surface area contributed by atoms with Crippen LogP contribution in [0.1, 0.15) is 49.4 Å². The summed E-state index contributed by atoms with van der Waals surface area (Å²) >= 11 is 0. The van der Waals surface area contributed by atoms with Gasteiger partial charge in [-0.2, -0.15) is 0 Å². The van der Waals surface area contributed by atoms with Gasteiger partial charge in [-0.05, 0) is 61.5 Å². The van der Waals surface area contributed by atoms with Gasteiger partial charge in [-0.15, -0.1) is 0 Å². The van der Waals surface area contributed by atoms with E-state index in [9.17, 15) is 9.90 Å². The van der Waals surface area contributed by atoms with E-state index in [-0.39, 0.29) is 16.9 Å². The zero-order valence-corrected chi connectivity index (χ0v) is 16.4. The molecule has 0 radical (unpaired) electrons. The maximum absolute atomic E-state index is 11.4. The van der Waals surface area contributed by atoms with Crippen molar-refractivity contribution in [3.63, 3.8) is 0 Å². The molecule has 4 rings (SSSR count). The number of aromatic nitrogens is 1. The van der Waals surface area contributed by atoms with Crippen molar-refractivity contribution in [3.05, 3.63) is 36.0 Å². The van der Waals surface area contributed by atoms with Crippen molar-refractivity contribution in [1.29, 1.82) is 0 Å². The Balaban J connectivity index is 1.46. The van der Waals surface area contributed by atoms with Gasteiger partial charge in [0, 0.05) is 12.1 Å². The highest BCUT2D eigenvalue weighted by atomic mass is 16.7. The Morgan fingerprint density at radius 2 is 2.32 bits per heavy atom. The van der Waals surface area contributed by atoms with Gasteiger partial charge in [-0.3, -0.25) is 0 Å². The lowest BCUT2D eigenvalue weighted by Gasteiger charge is -2.57. The summed E-state index contributed by atoms with van der Waals surface area (Å²) in [6, 6.07) is 3.13. The molecule has 5 atom stereocenters. The number of allylic oxidation sites excluding steroid dienone is 1. The minimum absolute atomic E-state index is 0.103. The second-order valence-corrected chi connectivity index (χ2v) is 8.56. The SMILES string of the molecule is C=C1CCC2C3COCOC3CCC2(C)C1CCOc1ncccc1C(=O)O. The van der Waals surface area contributed by atoms with Crippen LogP contribution in [-0.2, 0) is 9.47 Å². The predicted molar refractivity (Wildman–Crippen MR) is 103 cm³/mol. The van der Waals surface area contributed by atoms with Gasteiger partial charge < -0.3 is 19.3 Å². The predicted octanol–water partition coefficient (Wildman–Crippen LogP) is 3.92. The Bertz CT molecular complexity index is 750. The van der Waals surface area contributed by atoms with Gasteiger partial charge in [0.1, 0.15) is 12.4 Å². The van der Waals surface area contributed by atoms with Crippen molar-refractivity contribution >= 4 is 5.97 Å². The first-order valence-corrected chi connectivity index (χ1v) is 10.2. The topological polar surface area (TPSA) is 77.9 Å². The summed E-state index contributed by atoms with van der Waals surface area (Å²) in [5.41, 5.74) is 1.55. The molecular formula is C22H29NO5. The summed E-state index contributed by atoms with van der Waals surface area (Å²) in [5.74, 6) is 0.541. The molecule has 0 bridgehead atoms. The molecule has 1 saturated heterocycles. The van der Waals surface area contributed by atoms with Crippen molar-refractivity contribution in [3.8, 4) is 5.88 Å². The van der Waals surface area contributed by atoms with Gasteiger partial charge in [-0.25, -0.2) is 9.78 Å². The fraction of sp³-hybridized carbons (Fsp3) is 0.636.